The van der Waals surface area contributed by atoms with Crippen LogP contribution in [0.4, 0.5) is 0 Å². The van der Waals surface area contributed by atoms with Crippen LogP contribution < -0.4 is 5.73 Å². The maximum atomic E-state index is 12.9. The van der Waals surface area contributed by atoms with Crippen LogP contribution >= 0.6 is 0 Å². The monoisotopic (exact) mass is 332 g/mol. The van der Waals surface area contributed by atoms with Crippen LogP contribution in [0.15, 0.2) is 24.3 Å². The van der Waals surface area contributed by atoms with Gasteiger partial charge < -0.3 is 10.6 Å². The van der Waals surface area contributed by atoms with Crippen molar-refractivity contribution in [2.45, 2.75) is 65.2 Å². The van der Waals surface area contributed by atoms with Gasteiger partial charge in [0, 0.05) is 13.1 Å². The molecular weight excluding hydrogens is 300 g/mol. The van der Waals surface area contributed by atoms with Crippen LogP contribution in [0.5, 0.6) is 0 Å². The smallest absolute Gasteiger partial charge is 0.254 e. The molecule has 0 fully saturated rings. The molecule has 0 saturated heterocycles. The van der Waals surface area contributed by atoms with Gasteiger partial charge in [-0.3, -0.25) is 9.59 Å². The summed E-state index contributed by atoms with van der Waals surface area (Å²) in [4.78, 5) is 26.4. The molecule has 0 unspecified atom stereocenters. The number of rotatable bonds is 12. The summed E-state index contributed by atoms with van der Waals surface area (Å²) in [6, 6.07) is 6.85. The van der Waals surface area contributed by atoms with Gasteiger partial charge in [0.15, 0.2) is 0 Å². The minimum atomic E-state index is -0.545. The number of carbonyl (C=O) groups is 2. The van der Waals surface area contributed by atoms with E-state index in [-0.39, 0.29) is 5.91 Å². The quantitative estimate of drug-likeness (QED) is 0.577. The lowest BCUT2D eigenvalue weighted by atomic mass is 10.0. The van der Waals surface area contributed by atoms with E-state index in [1.54, 1.807) is 24.3 Å². The van der Waals surface area contributed by atoms with Crippen LogP contribution in [-0.2, 0) is 0 Å². The average Bonchev–Trinajstić information content (AvgIpc) is 2.59. The van der Waals surface area contributed by atoms with E-state index in [9.17, 15) is 9.59 Å². The Hall–Kier alpha value is -1.84. The third-order valence-corrected chi connectivity index (χ3v) is 4.27. The van der Waals surface area contributed by atoms with Crippen LogP contribution in [0, 0.1) is 0 Å². The highest BCUT2D eigenvalue weighted by Gasteiger charge is 2.20. The molecule has 0 saturated carbocycles. The van der Waals surface area contributed by atoms with E-state index >= 15 is 0 Å². The maximum absolute atomic E-state index is 12.9. The molecule has 2 N–H and O–H groups in total. The summed E-state index contributed by atoms with van der Waals surface area (Å²) >= 11 is 0. The molecule has 134 valence electrons. The Kier molecular flexibility index (Phi) is 9.81. The molecule has 0 aliphatic carbocycles. The van der Waals surface area contributed by atoms with Gasteiger partial charge in [0.05, 0.1) is 11.1 Å². The highest BCUT2D eigenvalue weighted by molar-refractivity contribution is 6.06. The standard InChI is InChI=1S/C20H32N2O2/c1-3-5-7-11-15-22(16-12-8-6-4-2)20(24)18-14-10-9-13-17(18)19(21)23/h9-10,13-14H,3-8,11-12,15-16H2,1-2H3,(H2,21,23). The number of hydrogen-bond donors (Lipinski definition) is 1. The second kappa shape index (κ2) is 11.7. The van der Waals surface area contributed by atoms with Crippen LogP contribution in [-0.4, -0.2) is 29.8 Å². The summed E-state index contributed by atoms with van der Waals surface area (Å²) in [5.74, 6) is -0.617. The molecule has 1 rings (SSSR count). The molecule has 4 nitrogen and oxygen atoms in total. The summed E-state index contributed by atoms with van der Waals surface area (Å²) in [5.41, 5.74) is 6.16. The fourth-order valence-electron chi connectivity index (χ4n) is 2.83. The van der Waals surface area contributed by atoms with Gasteiger partial charge in [-0.25, -0.2) is 0 Å². The molecule has 0 heterocycles. The summed E-state index contributed by atoms with van der Waals surface area (Å²) < 4.78 is 0. The predicted molar refractivity (Wildman–Crippen MR) is 99.1 cm³/mol. The normalized spacial score (nSPS) is 10.6. The van der Waals surface area contributed by atoms with Gasteiger partial charge in [-0.05, 0) is 25.0 Å². The Balaban J connectivity index is 2.79. The Bertz CT molecular complexity index is 502. The van der Waals surface area contributed by atoms with Crippen molar-refractivity contribution in [3.8, 4) is 0 Å². The number of nitrogens with zero attached hydrogens (tertiary/aromatic N) is 1. The van der Waals surface area contributed by atoms with Crippen molar-refractivity contribution in [3.05, 3.63) is 35.4 Å². The van der Waals surface area contributed by atoms with Gasteiger partial charge in [0.2, 0.25) is 5.91 Å². The van der Waals surface area contributed by atoms with E-state index in [2.05, 4.69) is 13.8 Å². The van der Waals surface area contributed by atoms with Crippen molar-refractivity contribution in [1.29, 1.82) is 0 Å². The number of carbonyl (C=O) groups excluding carboxylic acids is 2. The van der Waals surface area contributed by atoms with Crippen LogP contribution in [0.2, 0.25) is 0 Å². The Morgan fingerprint density at radius 1 is 0.833 bits per heavy atom. The van der Waals surface area contributed by atoms with Gasteiger partial charge in [0.25, 0.3) is 5.91 Å². The first kappa shape index (κ1) is 20.2. The second-order valence-corrected chi connectivity index (χ2v) is 6.32. The van der Waals surface area contributed by atoms with E-state index in [0.29, 0.717) is 11.1 Å². The molecule has 0 atom stereocenters. The third kappa shape index (κ3) is 6.73. The summed E-state index contributed by atoms with van der Waals surface area (Å²) in [7, 11) is 0. The summed E-state index contributed by atoms with van der Waals surface area (Å²) in [6.45, 7) is 5.85. The fraction of sp³-hybridized carbons (Fsp3) is 0.600. The lowest BCUT2D eigenvalue weighted by Gasteiger charge is -2.23. The van der Waals surface area contributed by atoms with Gasteiger partial charge in [-0.15, -0.1) is 0 Å². The maximum Gasteiger partial charge on any atom is 0.254 e. The van der Waals surface area contributed by atoms with Gasteiger partial charge in [-0.1, -0.05) is 64.5 Å². The van der Waals surface area contributed by atoms with E-state index in [0.717, 1.165) is 38.8 Å². The van der Waals surface area contributed by atoms with Crippen molar-refractivity contribution >= 4 is 11.8 Å². The number of hydrogen-bond acceptors (Lipinski definition) is 2. The number of nitrogens with two attached hydrogens (primary N) is 1. The highest BCUT2D eigenvalue weighted by atomic mass is 16.2. The van der Waals surface area contributed by atoms with Crippen molar-refractivity contribution in [3.63, 3.8) is 0 Å². The summed E-state index contributed by atoms with van der Waals surface area (Å²) in [5, 5.41) is 0. The molecule has 0 radical (unpaired) electrons. The zero-order chi connectivity index (χ0) is 17.8. The van der Waals surface area contributed by atoms with E-state index in [1.807, 2.05) is 4.90 Å². The van der Waals surface area contributed by atoms with Crippen LogP contribution in [0.1, 0.15) is 85.9 Å². The summed E-state index contributed by atoms with van der Waals surface area (Å²) in [6.07, 6.45) is 9.01. The van der Waals surface area contributed by atoms with Crippen LogP contribution in [0.25, 0.3) is 0 Å². The predicted octanol–water partition coefficient (Wildman–Crippen LogP) is 4.39. The van der Waals surface area contributed by atoms with Crippen LogP contribution in [0.3, 0.4) is 0 Å². The molecule has 1 aromatic carbocycles. The SMILES string of the molecule is CCCCCCN(CCCCCC)C(=O)c1ccccc1C(N)=O. The third-order valence-electron chi connectivity index (χ3n) is 4.27. The van der Waals surface area contributed by atoms with Crippen molar-refractivity contribution in [2.24, 2.45) is 5.73 Å². The zero-order valence-electron chi connectivity index (χ0n) is 15.2. The lowest BCUT2D eigenvalue weighted by Crippen LogP contribution is -2.34. The average molecular weight is 332 g/mol. The lowest BCUT2D eigenvalue weighted by molar-refractivity contribution is 0.0744. The number of amides is 2. The molecule has 2 amide bonds. The Morgan fingerprint density at radius 2 is 1.33 bits per heavy atom. The van der Waals surface area contributed by atoms with Gasteiger partial charge in [-0.2, -0.15) is 0 Å². The Morgan fingerprint density at radius 3 is 1.79 bits per heavy atom. The Labute approximate surface area is 146 Å². The molecule has 0 aliphatic rings. The minimum Gasteiger partial charge on any atom is -0.366 e. The van der Waals surface area contributed by atoms with Gasteiger partial charge in [0.1, 0.15) is 0 Å². The molecule has 0 aliphatic heterocycles. The molecule has 4 heteroatoms. The van der Waals surface area contributed by atoms with Crippen molar-refractivity contribution < 1.29 is 9.59 Å². The molecule has 0 aromatic heterocycles. The van der Waals surface area contributed by atoms with Crippen molar-refractivity contribution in [1.82, 2.24) is 4.90 Å². The van der Waals surface area contributed by atoms with E-state index in [4.69, 9.17) is 5.73 Å². The van der Waals surface area contributed by atoms with Crippen molar-refractivity contribution in [2.75, 3.05) is 13.1 Å². The first-order valence-corrected chi connectivity index (χ1v) is 9.29. The molecule has 0 spiro atoms. The first-order valence-electron chi connectivity index (χ1n) is 9.29. The second-order valence-electron chi connectivity index (χ2n) is 6.32. The highest BCUT2D eigenvalue weighted by Crippen LogP contribution is 2.14. The van der Waals surface area contributed by atoms with E-state index < -0.39 is 5.91 Å². The first-order chi connectivity index (χ1) is 11.6. The largest absolute Gasteiger partial charge is 0.366 e. The number of unbranched alkanes of at least 4 members (excludes halogenated alkanes) is 6. The zero-order valence-corrected chi connectivity index (χ0v) is 15.2. The topological polar surface area (TPSA) is 63.4 Å². The molecule has 1 aromatic rings. The minimum absolute atomic E-state index is 0.0719. The number of primary amides is 1. The molecular formula is C20H32N2O2. The van der Waals surface area contributed by atoms with Gasteiger partial charge >= 0.3 is 0 Å². The number of benzene rings is 1. The fourth-order valence-corrected chi connectivity index (χ4v) is 2.83. The molecule has 24 heavy (non-hydrogen) atoms. The molecule has 0 bridgehead atoms. The van der Waals surface area contributed by atoms with E-state index in [1.165, 1.54) is 25.7 Å².